The molecule has 2 aromatic rings. The fourth-order valence-corrected chi connectivity index (χ4v) is 2.19. The van der Waals surface area contributed by atoms with Crippen molar-refractivity contribution in [1.29, 1.82) is 5.26 Å². The van der Waals surface area contributed by atoms with E-state index in [0.717, 1.165) is 35.9 Å². The number of rotatable bonds is 7. The maximum Gasteiger partial charge on any atom is 0.145 e. The van der Waals surface area contributed by atoms with Gasteiger partial charge in [-0.1, -0.05) is 18.2 Å². The lowest BCUT2D eigenvalue weighted by atomic mass is 9.97. The monoisotopic (exact) mass is 283 g/mol. The second-order valence-corrected chi connectivity index (χ2v) is 5.33. The molecule has 4 heteroatoms. The van der Waals surface area contributed by atoms with Gasteiger partial charge < -0.3 is 10.1 Å². The van der Waals surface area contributed by atoms with Crippen molar-refractivity contribution < 1.29 is 4.74 Å². The maximum atomic E-state index is 9.09. The fourth-order valence-electron chi connectivity index (χ4n) is 2.19. The highest BCUT2D eigenvalue weighted by Crippen LogP contribution is 2.23. The summed E-state index contributed by atoms with van der Waals surface area (Å²) in [5, 5.41) is 13.2. The van der Waals surface area contributed by atoms with Crippen LogP contribution in [0.3, 0.4) is 0 Å². The van der Waals surface area contributed by atoms with Crippen LogP contribution in [0.4, 0.5) is 0 Å². The normalized spacial score (nSPS) is 13.6. The molecule has 1 aromatic carbocycles. The quantitative estimate of drug-likeness (QED) is 0.792. The molecule has 0 fully saturated rings. The standard InChI is InChI=1S/C17H21N3O/c1-17(13-18,19-2)10-3-4-12-21-15-9-5-7-14-8-6-11-20-16(14)15/h5-9,11,19H,3-4,10,12H2,1-2H3. The summed E-state index contributed by atoms with van der Waals surface area (Å²) >= 11 is 0. The highest BCUT2D eigenvalue weighted by Gasteiger charge is 2.19. The van der Waals surface area contributed by atoms with Crippen LogP contribution in [0, 0.1) is 11.3 Å². The minimum absolute atomic E-state index is 0.443. The third kappa shape index (κ3) is 3.93. The van der Waals surface area contributed by atoms with Crippen molar-refractivity contribution in [3.05, 3.63) is 36.5 Å². The first-order valence-corrected chi connectivity index (χ1v) is 7.25. The lowest BCUT2D eigenvalue weighted by Crippen LogP contribution is -2.37. The summed E-state index contributed by atoms with van der Waals surface area (Å²) in [4.78, 5) is 4.37. The molecular formula is C17H21N3O. The molecular weight excluding hydrogens is 262 g/mol. The van der Waals surface area contributed by atoms with Crippen molar-refractivity contribution in [3.63, 3.8) is 0 Å². The number of nitrogens with one attached hydrogen (secondary N) is 1. The number of benzene rings is 1. The number of pyridine rings is 1. The van der Waals surface area contributed by atoms with E-state index in [4.69, 9.17) is 10.00 Å². The van der Waals surface area contributed by atoms with E-state index in [-0.39, 0.29) is 0 Å². The van der Waals surface area contributed by atoms with Crippen LogP contribution in [-0.4, -0.2) is 24.2 Å². The van der Waals surface area contributed by atoms with E-state index in [9.17, 15) is 0 Å². The average Bonchev–Trinajstić information content (AvgIpc) is 2.54. The van der Waals surface area contributed by atoms with Crippen molar-refractivity contribution in [1.82, 2.24) is 10.3 Å². The summed E-state index contributed by atoms with van der Waals surface area (Å²) in [6.45, 7) is 2.56. The van der Waals surface area contributed by atoms with E-state index < -0.39 is 5.54 Å². The molecule has 0 spiro atoms. The Morgan fingerprint density at radius 2 is 2.10 bits per heavy atom. The van der Waals surface area contributed by atoms with Gasteiger partial charge in [0, 0.05) is 11.6 Å². The van der Waals surface area contributed by atoms with Gasteiger partial charge in [-0.15, -0.1) is 0 Å². The molecule has 0 radical (unpaired) electrons. The highest BCUT2D eigenvalue weighted by atomic mass is 16.5. The molecule has 1 aromatic heterocycles. The molecule has 1 unspecified atom stereocenters. The van der Waals surface area contributed by atoms with E-state index in [0.29, 0.717) is 6.61 Å². The summed E-state index contributed by atoms with van der Waals surface area (Å²) < 4.78 is 5.84. The van der Waals surface area contributed by atoms with E-state index in [1.807, 2.05) is 44.3 Å². The molecule has 0 aliphatic heterocycles. The van der Waals surface area contributed by atoms with Gasteiger partial charge in [0.05, 0.1) is 12.7 Å². The number of hydrogen-bond acceptors (Lipinski definition) is 4. The van der Waals surface area contributed by atoms with Crippen LogP contribution in [0.2, 0.25) is 0 Å². The van der Waals surface area contributed by atoms with Gasteiger partial charge in [0.2, 0.25) is 0 Å². The zero-order chi connectivity index (χ0) is 15.1. The molecule has 1 atom stereocenters. The van der Waals surface area contributed by atoms with Crippen LogP contribution in [0.25, 0.3) is 10.9 Å². The second kappa shape index (κ2) is 7.05. The maximum absolute atomic E-state index is 9.09. The van der Waals surface area contributed by atoms with Gasteiger partial charge >= 0.3 is 0 Å². The van der Waals surface area contributed by atoms with E-state index in [1.54, 1.807) is 6.20 Å². The molecule has 4 nitrogen and oxygen atoms in total. The Hall–Kier alpha value is -2.12. The second-order valence-electron chi connectivity index (χ2n) is 5.33. The Labute approximate surface area is 125 Å². The Morgan fingerprint density at radius 1 is 1.29 bits per heavy atom. The minimum atomic E-state index is -0.443. The van der Waals surface area contributed by atoms with Crippen molar-refractivity contribution in [2.24, 2.45) is 0 Å². The van der Waals surface area contributed by atoms with Crippen LogP contribution >= 0.6 is 0 Å². The molecule has 0 aliphatic rings. The third-order valence-corrected chi connectivity index (χ3v) is 3.72. The molecule has 1 heterocycles. The smallest absolute Gasteiger partial charge is 0.145 e. The molecule has 0 saturated heterocycles. The van der Waals surface area contributed by atoms with Gasteiger partial charge in [0.25, 0.3) is 0 Å². The average molecular weight is 283 g/mol. The number of para-hydroxylation sites is 1. The number of nitriles is 1. The minimum Gasteiger partial charge on any atom is -0.491 e. The fraction of sp³-hybridized carbons (Fsp3) is 0.412. The van der Waals surface area contributed by atoms with E-state index in [2.05, 4.69) is 16.4 Å². The lowest BCUT2D eigenvalue weighted by molar-refractivity contribution is 0.300. The van der Waals surface area contributed by atoms with Crippen LogP contribution in [-0.2, 0) is 0 Å². The molecule has 21 heavy (non-hydrogen) atoms. The Bertz CT molecular complexity index is 630. The summed E-state index contributed by atoms with van der Waals surface area (Å²) in [5.41, 5.74) is 0.457. The number of unbranched alkanes of at least 4 members (excludes halogenated alkanes) is 1. The topological polar surface area (TPSA) is 57.9 Å². The van der Waals surface area contributed by atoms with Crippen LogP contribution < -0.4 is 10.1 Å². The van der Waals surface area contributed by atoms with Crippen LogP contribution in [0.1, 0.15) is 26.2 Å². The largest absolute Gasteiger partial charge is 0.491 e. The van der Waals surface area contributed by atoms with Gasteiger partial charge in [0.1, 0.15) is 16.8 Å². The predicted octanol–water partition coefficient (Wildman–Crippen LogP) is 3.29. The Balaban J connectivity index is 1.85. The van der Waals surface area contributed by atoms with Crippen LogP contribution in [0.5, 0.6) is 5.75 Å². The summed E-state index contributed by atoms with van der Waals surface area (Å²) in [7, 11) is 1.82. The van der Waals surface area contributed by atoms with Gasteiger partial charge in [-0.25, -0.2) is 0 Å². The number of fused-ring (bicyclic) bond motifs is 1. The van der Waals surface area contributed by atoms with Gasteiger partial charge in [-0.3, -0.25) is 4.98 Å². The van der Waals surface area contributed by atoms with Gasteiger partial charge in [-0.2, -0.15) is 5.26 Å². The van der Waals surface area contributed by atoms with Gasteiger partial charge in [-0.05, 0) is 45.4 Å². The summed E-state index contributed by atoms with van der Waals surface area (Å²) in [5.74, 6) is 0.824. The predicted molar refractivity (Wildman–Crippen MR) is 84.2 cm³/mol. The molecule has 110 valence electrons. The number of ether oxygens (including phenoxy) is 1. The Morgan fingerprint density at radius 3 is 2.86 bits per heavy atom. The first-order chi connectivity index (χ1) is 10.2. The molecule has 0 saturated carbocycles. The zero-order valence-corrected chi connectivity index (χ0v) is 12.6. The van der Waals surface area contributed by atoms with Crippen molar-refractivity contribution in [3.8, 4) is 11.8 Å². The SMILES string of the molecule is CNC(C)(C#N)CCCCOc1cccc2cccnc12. The Kier molecular flexibility index (Phi) is 5.13. The molecule has 0 amide bonds. The number of aromatic nitrogens is 1. The van der Waals surface area contributed by atoms with Crippen molar-refractivity contribution in [2.75, 3.05) is 13.7 Å². The molecule has 2 rings (SSSR count). The van der Waals surface area contributed by atoms with Gasteiger partial charge in [0.15, 0.2) is 0 Å². The van der Waals surface area contributed by atoms with Crippen LogP contribution in [0.15, 0.2) is 36.5 Å². The zero-order valence-electron chi connectivity index (χ0n) is 12.6. The first-order valence-electron chi connectivity index (χ1n) is 7.25. The first kappa shape index (κ1) is 15.3. The van der Waals surface area contributed by atoms with E-state index in [1.165, 1.54) is 0 Å². The van der Waals surface area contributed by atoms with Crippen molar-refractivity contribution >= 4 is 10.9 Å². The molecule has 1 N–H and O–H groups in total. The summed E-state index contributed by atoms with van der Waals surface area (Å²) in [6.07, 6.45) is 4.46. The number of nitrogens with zero attached hydrogens (tertiary/aromatic N) is 2. The number of hydrogen-bond donors (Lipinski definition) is 1. The van der Waals surface area contributed by atoms with E-state index >= 15 is 0 Å². The molecule has 0 aliphatic carbocycles. The lowest BCUT2D eigenvalue weighted by Gasteiger charge is -2.20. The highest BCUT2D eigenvalue weighted by molar-refractivity contribution is 5.84. The molecule has 0 bridgehead atoms. The van der Waals surface area contributed by atoms with Crippen molar-refractivity contribution in [2.45, 2.75) is 31.7 Å². The summed E-state index contributed by atoms with van der Waals surface area (Å²) in [6, 6.07) is 12.2. The third-order valence-electron chi connectivity index (χ3n) is 3.72.